The van der Waals surface area contributed by atoms with Crippen LogP contribution in [0.2, 0.25) is 4.34 Å². The maximum Gasteiger partial charge on any atom is 0.107 e. The Labute approximate surface area is 132 Å². The standard InChI is InChI=1S/C14H20BrClN2S/c15-11-5-13(19-14(11)16)12(6-17)18(7-9-1-2-9)8-10-3-4-10/h5,9-10,12H,1-4,6-8,17H2. The summed E-state index contributed by atoms with van der Waals surface area (Å²) in [5.41, 5.74) is 6.06. The number of nitrogens with two attached hydrogens (primary N) is 1. The molecule has 19 heavy (non-hydrogen) atoms. The van der Waals surface area contributed by atoms with E-state index in [0.717, 1.165) is 20.6 Å². The fraction of sp³-hybridized carbons (Fsp3) is 0.714. The molecule has 0 saturated heterocycles. The van der Waals surface area contributed by atoms with Gasteiger partial charge in [0.1, 0.15) is 4.34 Å². The molecule has 0 spiro atoms. The molecular formula is C14H20BrClN2S. The van der Waals surface area contributed by atoms with E-state index in [0.29, 0.717) is 12.6 Å². The fourth-order valence-electron chi connectivity index (χ4n) is 2.57. The Morgan fingerprint density at radius 2 is 1.89 bits per heavy atom. The first-order chi connectivity index (χ1) is 9.17. The van der Waals surface area contributed by atoms with Crippen LogP contribution in [0.5, 0.6) is 0 Å². The van der Waals surface area contributed by atoms with Gasteiger partial charge in [-0.1, -0.05) is 11.6 Å². The Bertz CT molecular complexity index is 409. The highest BCUT2D eigenvalue weighted by molar-refractivity contribution is 9.10. The van der Waals surface area contributed by atoms with Crippen LogP contribution in [0.25, 0.3) is 0 Å². The fourth-order valence-corrected chi connectivity index (χ4v) is 4.45. The second kappa shape index (κ2) is 6.02. The zero-order valence-corrected chi connectivity index (χ0v) is 14.1. The van der Waals surface area contributed by atoms with E-state index in [4.69, 9.17) is 17.3 Å². The van der Waals surface area contributed by atoms with Gasteiger partial charge >= 0.3 is 0 Å². The molecule has 2 aliphatic carbocycles. The van der Waals surface area contributed by atoms with Crippen LogP contribution in [-0.4, -0.2) is 24.5 Å². The Hall–Kier alpha value is 0.390. The van der Waals surface area contributed by atoms with Gasteiger partial charge in [-0.15, -0.1) is 11.3 Å². The van der Waals surface area contributed by atoms with E-state index in [1.54, 1.807) is 11.3 Å². The first-order valence-electron chi connectivity index (χ1n) is 7.06. The number of rotatable bonds is 7. The van der Waals surface area contributed by atoms with Crippen molar-refractivity contribution >= 4 is 38.9 Å². The minimum absolute atomic E-state index is 0.343. The Kier molecular flexibility index (Phi) is 4.54. The van der Waals surface area contributed by atoms with Crippen LogP contribution >= 0.6 is 38.9 Å². The second-order valence-corrected chi connectivity index (χ2v) is 8.40. The Balaban J connectivity index is 1.75. The molecule has 106 valence electrons. The molecule has 1 aromatic rings. The maximum atomic E-state index is 6.18. The van der Waals surface area contributed by atoms with Gasteiger partial charge in [-0.25, -0.2) is 0 Å². The van der Waals surface area contributed by atoms with Crippen molar-refractivity contribution in [1.82, 2.24) is 4.90 Å². The highest BCUT2D eigenvalue weighted by Crippen LogP contribution is 2.40. The van der Waals surface area contributed by atoms with E-state index < -0.39 is 0 Å². The van der Waals surface area contributed by atoms with Crippen molar-refractivity contribution in [2.75, 3.05) is 19.6 Å². The molecular weight excluding hydrogens is 344 g/mol. The molecule has 0 aromatic carbocycles. The average molecular weight is 364 g/mol. The van der Waals surface area contributed by atoms with E-state index in [1.165, 1.54) is 43.6 Å². The van der Waals surface area contributed by atoms with Crippen LogP contribution in [0, 0.1) is 11.8 Å². The van der Waals surface area contributed by atoms with Crippen LogP contribution in [0.1, 0.15) is 36.6 Å². The predicted octanol–water partition coefficient (Wildman–Crippen LogP) is 4.29. The van der Waals surface area contributed by atoms with Crippen LogP contribution in [0.4, 0.5) is 0 Å². The zero-order valence-electron chi connectivity index (χ0n) is 10.9. The van der Waals surface area contributed by atoms with E-state index in [-0.39, 0.29) is 0 Å². The van der Waals surface area contributed by atoms with Gasteiger partial charge < -0.3 is 5.73 Å². The molecule has 0 amide bonds. The summed E-state index contributed by atoms with van der Waals surface area (Å²) in [5.74, 6) is 1.82. The highest BCUT2D eigenvalue weighted by Gasteiger charge is 2.33. The smallest absolute Gasteiger partial charge is 0.107 e. The van der Waals surface area contributed by atoms with Gasteiger partial charge in [0.15, 0.2) is 0 Å². The molecule has 1 heterocycles. The first-order valence-corrected chi connectivity index (χ1v) is 9.05. The minimum Gasteiger partial charge on any atom is -0.329 e. The van der Waals surface area contributed by atoms with Crippen LogP contribution in [0.3, 0.4) is 0 Å². The number of nitrogens with zero attached hydrogens (tertiary/aromatic N) is 1. The van der Waals surface area contributed by atoms with E-state index in [9.17, 15) is 0 Å². The SMILES string of the molecule is NCC(c1cc(Br)c(Cl)s1)N(CC1CC1)CC1CC1. The third-order valence-corrected chi connectivity index (χ3v) is 6.61. The predicted molar refractivity (Wildman–Crippen MR) is 85.8 cm³/mol. The molecule has 0 radical (unpaired) electrons. The van der Waals surface area contributed by atoms with Gasteiger partial charge in [-0.05, 0) is 59.5 Å². The number of hydrogen-bond acceptors (Lipinski definition) is 3. The maximum absolute atomic E-state index is 6.18. The molecule has 2 saturated carbocycles. The van der Waals surface area contributed by atoms with Crippen molar-refractivity contribution < 1.29 is 0 Å². The molecule has 2 fully saturated rings. The molecule has 2 N–H and O–H groups in total. The molecule has 5 heteroatoms. The Morgan fingerprint density at radius 3 is 2.26 bits per heavy atom. The van der Waals surface area contributed by atoms with Crippen LogP contribution in [-0.2, 0) is 0 Å². The summed E-state index contributed by atoms with van der Waals surface area (Å²) >= 11 is 11.4. The van der Waals surface area contributed by atoms with Gasteiger partial charge in [0, 0.05) is 29.0 Å². The third-order valence-electron chi connectivity index (χ3n) is 4.04. The zero-order chi connectivity index (χ0) is 13.4. The summed E-state index contributed by atoms with van der Waals surface area (Å²) in [7, 11) is 0. The minimum atomic E-state index is 0.343. The van der Waals surface area contributed by atoms with Gasteiger partial charge in [0.05, 0.1) is 6.04 Å². The lowest BCUT2D eigenvalue weighted by Crippen LogP contribution is -2.36. The summed E-state index contributed by atoms with van der Waals surface area (Å²) in [6, 6.07) is 2.49. The summed E-state index contributed by atoms with van der Waals surface area (Å²) in [4.78, 5) is 3.92. The molecule has 1 atom stereocenters. The number of halogens is 2. The quantitative estimate of drug-likeness (QED) is 0.783. The van der Waals surface area contributed by atoms with Crippen molar-refractivity contribution in [3.63, 3.8) is 0 Å². The van der Waals surface area contributed by atoms with Crippen molar-refractivity contribution in [2.24, 2.45) is 17.6 Å². The van der Waals surface area contributed by atoms with E-state index >= 15 is 0 Å². The van der Waals surface area contributed by atoms with Crippen molar-refractivity contribution in [2.45, 2.75) is 31.7 Å². The molecule has 2 nitrogen and oxygen atoms in total. The summed E-state index contributed by atoms with van der Waals surface area (Å²) in [6.45, 7) is 3.11. The molecule has 3 rings (SSSR count). The summed E-state index contributed by atoms with van der Waals surface area (Å²) in [5, 5.41) is 0. The lowest BCUT2D eigenvalue weighted by Gasteiger charge is -2.30. The normalized spacial score (nSPS) is 21.1. The molecule has 2 aliphatic rings. The average Bonchev–Trinajstić information content (AvgIpc) is 3.26. The second-order valence-electron chi connectivity index (χ2n) is 5.86. The van der Waals surface area contributed by atoms with Gasteiger partial charge in [0.2, 0.25) is 0 Å². The van der Waals surface area contributed by atoms with Crippen molar-refractivity contribution in [3.8, 4) is 0 Å². The van der Waals surface area contributed by atoms with Gasteiger partial charge in [-0.2, -0.15) is 0 Å². The monoisotopic (exact) mass is 362 g/mol. The van der Waals surface area contributed by atoms with Crippen LogP contribution in [0.15, 0.2) is 10.5 Å². The molecule has 0 aliphatic heterocycles. The first kappa shape index (κ1) is 14.3. The largest absolute Gasteiger partial charge is 0.329 e. The van der Waals surface area contributed by atoms with Crippen molar-refractivity contribution in [3.05, 3.63) is 19.8 Å². The highest BCUT2D eigenvalue weighted by atomic mass is 79.9. The van der Waals surface area contributed by atoms with E-state index in [1.807, 2.05) is 0 Å². The summed E-state index contributed by atoms with van der Waals surface area (Å²) in [6.07, 6.45) is 5.58. The van der Waals surface area contributed by atoms with Crippen LogP contribution < -0.4 is 5.73 Å². The molecule has 0 bridgehead atoms. The number of thiophene rings is 1. The topological polar surface area (TPSA) is 29.3 Å². The van der Waals surface area contributed by atoms with Gasteiger partial charge in [-0.3, -0.25) is 4.90 Å². The lowest BCUT2D eigenvalue weighted by atomic mass is 10.1. The Morgan fingerprint density at radius 1 is 1.32 bits per heavy atom. The summed E-state index contributed by atoms with van der Waals surface area (Å²) < 4.78 is 1.84. The molecule has 1 aromatic heterocycles. The van der Waals surface area contributed by atoms with Crippen molar-refractivity contribution in [1.29, 1.82) is 0 Å². The van der Waals surface area contributed by atoms with Gasteiger partial charge in [0.25, 0.3) is 0 Å². The molecule has 1 unspecified atom stereocenters. The third kappa shape index (κ3) is 3.73. The van der Waals surface area contributed by atoms with E-state index in [2.05, 4.69) is 26.9 Å². The lowest BCUT2D eigenvalue weighted by molar-refractivity contribution is 0.187. The number of hydrogen-bond donors (Lipinski definition) is 1.